The average Bonchev–Trinajstić information content (AvgIpc) is 2.50. The van der Waals surface area contributed by atoms with Crippen molar-refractivity contribution in [3.63, 3.8) is 0 Å². The molecule has 0 aliphatic heterocycles. The Morgan fingerprint density at radius 1 is 1.53 bits per heavy atom. The number of aromatic nitrogens is 2. The summed E-state index contributed by atoms with van der Waals surface area (Å²) in [4.78, 5) is 4.25. The summed E-state index contributed by atoms with van der Waals surface area (Å²) in [6.07, 6.45) is 5.25. The van der Waals surface area contributed by atoms with Crippen molar-refractivity contribution in [3.8, 4) is 0 Å². The number of rotatable bonds is 6. The molecule has 1 aromatic rings. The Balaban J connectivity index is 2.19. The fraction of sp³-hybridized carbons (Fsp3) is 0.727. The van der Waals surface area contributed by atoms with E-state index in [9.17, 15) is 5.11 Å². The molecule has 0 fully saturated rings. The number of aryl methyl sites for hydroxylation is 1. The second kappa shape index (κ2) is 5.88. The Kier molecular flexibility index (Phi) is 4.78. The van der Waals surface area contributed by atoms with Gasteiger partial charge in [-0.25, -0.2) is 4.98 Å². The van der Waals surface area contributed by atoms with Crippen molar-refractivity contribution < 1.29 is 5.11 Å². The van der Waals surface area contributed by atoms with E-state index in [0.717, 1.165) is 25.2 Å². The first-order valence-corrected chi connectivity index (χ1v) is 5.47. The van der Waals surface area contributed by atoms with Crippen LogP contribution >= 0.6 is 0 Å². The van der Waals surface area contributed by atoms with E-state index in [0.29, 0.717) is 6.04 Å². The third-order valence-corrected chi connectivity index (χ3v) is 2.46. The molecule has 0 radical (unpaired) electrons. The number of aliphatic hydroxyl groups is 1. The Morgan fingerprint density at radius 2 is 2.27 bits per heavy atom. The van der Waals surface area contributed by atoms with E-state index in [1.807, 2.05) is 30.9 Å². The van der Waals surface area contributed by atoms with E-state index in [1.165, 1.54) is 0 Å². The summed E-state index contributed by atoms with van der Waals surface area (Å²) in [7, 11) is 2.00. The van der Waals surface area contributed by atoms with Crippen molar-refractivity contribution in [1.29, 1.82) is 0 Å². The van der Waals surface area contributed by atoms with Crippen molar-refractivity contribution in [2.45, 2.75) is 38.8 Å². The molecule has 2 N–H and O–H groups in total. The predicted octanol–water partition coefficient (Wildman–Crippen LogP) is 0.712. The number of aliphatic hydroxyl groups excluding tert-OH is 1. The molecule has 2 atom stereocenters. The van der Waals surface area contributed by atoms with Gasteiger partial charge in [0, 0.05) is 38.4 Å². The van der Waals surface area contributed by atoms with Crippen LogP contribution in [0.4, 0.5) is 0 Å². The zero-order chi connectivity index (χ0) is 11.3. The molecule has 0 bridgehead atoms. The molecule has 0 aliphatic carbocycles. The van der Waals surface area contributed by atoms with Gasteiger partial charge in [0.15, 0.2) is 0 Å². The van der Waals surface area contributed by atoms with Crippen LogP contribution in [0.25, 0.3) is 0 Å². The van der Waals surface area contributed by atoms with Gasteiger partial charge in [0.05, 0.1) is 6.10 Å². The maximum Gasteiger partial charge on any atom is 0.109 e. The molecule has 0 amide bonds. The summed E-state index contributed by atoms with van der Waals surface area (Å²) in [6.45, 7) is 4.81. The first-order valence-electron chi connectivity index (χ1n) is 5.47. The van der Waals surface area contributed by atoms with Crippen LogP contribution < -0.4 is 5.32 Å². The topological polar surface area (TPSA) is 50.1 Å². The lowest BCUT2D eigenvalue weighted by Crippen LogP contribution is -2.31. The summed E-state index contributed by atoms with van der Waals surface area (Å²) in [6, 6.07) is 0.352. The Hall–Kier alpha value is -0.870. The Bertz CT molecular complexity index is 283. The fourth-order valence-corrected chi connectivity index (χ4v) is 1.66. The van der Waals surface area contributed by atoms with E-state index in [2.05, 4.69) is 17.2 Å². The highest BCUT2D eigenvalue weighted by molar-refractivity contribution is 4.91. The minimum Gasteiger partial charge on any atom is -0.393 e. The first-order chi connectivity index (χ1) is 7.09. The van der Waals surface area contributed by atoms with Crippen molar-refractivity contribution in [2.75, 3.05) is 6.54 Å². The van der Waals surface area contributed by atoms with Crippen LogP contribution in [-0.2, 0) is 13.5 Å². The smallest absolute Gasteiger partial charge is 0.109 e. The van der Waals surface area contributed by atoms with Crippen molar-refractivity contribution in [2.24, 2.45) is 7.05 Å². The standard InChI is InChI=1S/C11H21N3O/c1-9(8-10(2)15)12-5-4-11-13-6-7-14(11)3/h6-7,9-10,12,15H,4-5,8H2,1-3H3. The van der Waals surface area contributed by atoms with Gasteiger partial charge in [0.1, 0.15) is 5.82 Å². The lowest BCUT2D eigenvalue weighted by molar-refractivity contribution is 0.171. The van der Waals surface area contributed by atoms with Crippen LogP contribution in [0.3, 0.4) is 0 Å². The van der Waals surface area contributed by atoms with E-state index in [-0.39, 0.29) is 6.10 Å². The highest BCUT2D eigenvalue weighted by Crippen LogP contribution is 1.98. The van der Waals surface area contributed by atoms with E-state index >= 15 is 0 Å². The Labute approximate surface area is 91.3 Å². The van der Waals surface area contributed by atoms with Gasteiger partial charge >= 0.3 is 0 Å². The number of hydrogen-bond acceptors (Lipinski definition) is 3. The minimum absolute atomic E-state index is 0.235. The highest BCUT2D eigenvalue weighted by atomic mass is 16.3. The lowest BCUT2D eigenvalue weighted by Gasteiger charge is -2.15. The normalized spacial score (nSPS) is 15.2. The number of hydrogen-bond donors (Lipinski definition) is 2. The van der Waals surface area contributed by atoms with Crippen LogP contribution in [0.1, 0.15) is 26.1 Å². The van der Waals surface area contributed by atoms with E-state index in [1.54, 1.807) is 0 Å². The van der Waals surface area contributed by atoms with Crippen LogP contribution in [-0.4, -0.2) is 33.3 Å². The molecule has 2 unspecified atom stereocenters. The number of imidazole rings is 1. The van der Waals surface area contributed by atoms with Gasteiger partial charge in [0.25, 0.3) is 0 Å². The summed E-state index contributed by atoms with van der Waals surface area (Å²) in [5.41, 5.74) is 0. The molecule has 0 aromatic carbocycles. The van der Waals surface area contributed by atoms with Crippen LogP contribution in [0, 0.1) is 0 Å². The zero-order valence-corrected chi connectivity index (χ0v) is 9.77. The molecule has 4 heteroatoms. The summed E-state index contributed by atoms with van der Waals surface area (Å²) < 4.78 is 2.03. The van der Waals surface area contributed by atoms with Crippen LogP contribution in [0.15, 0.2) is 12.4 Å². The molecule has 0 saturated carbocycles. The van der Waals surface area contributed by atoms with Crippen molar-refractivity contribution in [3.05, 3.63) is 18.2 Å². The average molecular weight is 211 g/mol. The third-order valence-electron chi connectivity index (χ3n) is 2.46. The summed E-state index contributed by atoms with van der Waals surface area (Å²) in [5.74, 6) is 1.09. The van der Waals surface area contributed by atoms with Gasteiger partial charge in [-0.15, -0.1) is 0 Å². The maximum absolute atomic E-state index is 9.19. The predicted molar refractivity (Wildman–Crippen MR) is 60.7 cm³/mol. The summed E-state index contributed by atoms with van der Waals surface area (Å²) in [5, 5.41) is 12.6. The SMILES string of the molecule is CC(O)CC(C)NCCc1nccn1C. The van der Waals surface area contributed by atoms with Gasteiger partial charge < -0.3 is 15.0 Å². The third kappa shape index (κ3) is 4.44. The number of nitrogens with one attached hydrogen (secondary N) is 1. The van der Waals surface area contributed by atoms with Gasteiger partial charge in [-0.2, -0.15) is 0 Å². The molecule has 86 valence electrons. The zero-order valence-electron chi connectivity index (χ0n) is 9.77. The van der Waals surface area contributed by atoms with E-state index < -0.39 is 0 Å². The summed E-state index contributed by atoms with van der Waals surface area (Å²) >= 11 is 0. The van der Waals surface area contributed by atoms with E-state index in [4.69, 9.17) is 0 Å². The first kappa shape index (κ1) is 12.2. The molecule has 0 spiro atoms. The fourth-order valence-electron chi connectivity index (χ4n) is 1.66. The van der Waals surface area contributed by atoms with Crippen LogP contribution in [0.2, 0.25) is 0 Å². The lowest BCUT2D eigenvalue weighted by atomic mass is 10.1. The number of nitrogens with zero attached hydrogens (tertiary/aromatic N) is 2. The van der Waals surface area contributed by atoms with Gasteiger partial charge in [-0.05, 0) is 20.3 Å². The molecule has 1 heterocycles. The molecule has 15 heavy (non-hydrogen) atoms. The molecule has 1 aromatic heterocycles. The van der Waals surface area contributed by atoms with Gasteiger partial charge in [-0.1, -0.05) is 0 Å². The quantitative estimate of drug-likeness (QED) is 0.728. The minimum atomic E-state index is -0.235. The van der Waals surface area contributed by atoms with Crippen molar-refractivity contribution >= 4 is 0 Å². The Morgan fingerprint density at radius 3 is 2.80 bits per heavy atom. The van der Waals surface area contributed by atoms with Crippen LogP contribution in [0.5, 0.6) is 0 Å². The largest absolute Gasteiger partial charge is 0.393 e. The molecule has 0 aliphatic rings. The molecular weight excluding hydrogens is 190 g/mol. The molecular formula is C11H21N3O. The second-order valence-electron chi connectivity index (χ2n) is 4.14. The maximum atomic E-state index is 9.19. The molecule has 4 nitrogen and oxygen atoms in total. The molecule has 1 rings (SSSR count). The molecule has 0 saturated heterocycles. The monoisotopic (exact) mass is 211 g/mol. The highest BCUT2D eigenvalue weighted by Gasteiger charge is 2.05. The van der Waals surface area contributed by atoms with Crippen molar-refractivity contribution in [1.82, 2.24) is 14.9 Å². The van der Waals surface area contributed by atoms with Gasteiger partial charge in [0.2, 0.25) is 0 Å². The second-order valence-corrected chi connectivity index (χ2v) is 4.14. The van der Waals surface area contributed by atoms with Gasteiger partial charge in [-0.3, -0.25) is 0 Å².